The first-order valence-corrected chi connectivity index (χ1v) is 12.8. The SMILES string of the molecule is Cc1cc(NC(=O)C(=O)Nn2c(C(=O)Nc3ccc(Br)cc3C)cc3cc(Br)ccc32)ccc1Br. The van der Waals surface area contributed by atoms with Gasteiger partial charge >= 0.3 is 11.8 Å². The number of carbonyl (C=O) groups is 3. The molecule has 0 saturated carbocycles. The molecule has 0 atom stereocenters. The van der Waals surface area contributed by atoms with Crippen LogP contribution in [0, 0.1) is 13.8 Å². The molecule has 0 fully saturated rings. The van der Waals surface area contributed by atoms with Gasteiger partial charge in [0.25, 0.3) is 5.91 Å². The lowest BCUT2D eigenvalue weighted by Crippen LogP contribution is -2.36. The van der Waals surface area contributed by atoms with Crippen molar-refractivity contribution in [3.05, 3.63) is 90.9 Å². The molecule has 1 aromatic heterocycles. The number of amides is 3. The van der Waals surface area contributed by atoms with Crippen molar-refractivity contribution in [2.24, 2.45) is 0 Å². The Morgan fingerprint density at radius 1 is 0.743 bits per heavy atom. The first-order chi connectivity index (χ1) is 16.6. The summed E-state index contributed by atoms with van der Waals surface area (Å²) in [5.41, 5.74) is 6.18. The van der Waals surface area contributed by atoms with E-state index in [1.54, 1.807) is 42.5 Å². The highest BCUT2D eigenvalue weighted by atomic mass is 79.9. The summed E-state index contributed by atoms with van der Waals surface area (Å²) in [6.07, 6.45) is 0. The molecule has 178 valence electrons. The van der Waals surface area contributed by atoms with Crippen molar-refractivity contribution in [2.75, 3.05) is 16.1 Å². The number of carbonyl (C=O) groups excluding carboxylic acids is 3. The second-order valence-electron chi connectivity index (χ2n) is 7.84. The van der Waals surface area contributed by atoms with Gasteiger partial charge in [0.1, 0.15) is 5.69 Å². The third-order valence-electron chi connectivity index (χ3n) is 5.27. The van der Waals surface area contributed by atoms with E-state index < -0.39 is 17.7 Å². The summed E-state index contributed by atoms with van der Waals surface area (Å²) in [5.74, 6) is -2.22. The molecule has 0 aliphatic heterocycles. The molecular formula is C25H19Br3N4O3. The van der Waals surface area contributed by atoms with Crippen molar-refractivity contribution in [1.29, 1.82) is 0 Å². The number of nitrogens with zero attached hydrogens (tertiary/aromatic N) is 1. The Hall–Kier alpha value is -2.95. The highest BCUT2D eigenvalue weighted by Crippen LogP contribution is 2.25. The van der Waals surface area contributed by atoms with Crippen molar-refractivity contribution < 1.29 is 14.4 Å². The molecule has 3 aromatic carbocycles. The van der Waals surface area contributed by atoms with Crippen molar-refractivity contribution in [3.63, 3.8) is 0 Å². The highest BCUT2D eigenvalue weighted by Gasteiger charge is 2.21. The fourth-order valence-electron chi connectivity index (χ4n) is 3.49. The Labute approximate surface area is 226 Å². The van der Waals surface area contributed by atoms with Crippen LogP contribution in [-0.2, 0) is 9.59 Å². The number of rotatable bonds is 4. The minimum Gasteiger partial charge on any atom is -0.320 e. The third kappa shape index (κ3) is 5.66. The number of anilines is 2. The van der Waals surface area contributed by atoms with Crippen molar-refractivity contribution in [1.82, 2.24) is 4.68 Å². The average molecular weight is 663 g/mol. The second kappa shape index (κ2) is 10.3. The van der Waals surface area contributed by atoms with E-state index in [1.807, 2.05) is 32.0 Å². The normalized spacial score (nSPS) is 10.8. The summed E-state index contributed by atoms with van der Waals surface area (Å²) in [4.78, 5) is 38.6. The number of nitrogens with one attached hydrogen (secondary N) is 3. The Balaban J connectivity index is 1.63. The second-order valence-corrected chi connectivity index (χ2v) is 10.5. The van der Waals surface area contributed by atoms with Crippen molar-refractivity contribution in [2.45, 2.75) is 13.8 Å². The van der Waals surface area contributed by atoms with E-state index in [2.05, 4.69) is 63.8 Å². The Morgan fingerprint density at radius 3 is 2.17 bits per heavy atom. The lowest BCUT2D eigenvalue weighted by molar-refractivity contribution is -0.133. The first-order valence-electron chi connectivity index (χ1n) is 10.4. The van der Waals surface area contributed by atoms with Gasteiger partial charge in [0.05, 0.1) is 5.52 Å². The number of aromatic nitrogens is 1. The molecule has 0 bridgehead atoms. The van der Waals surface area contributed by atoms with E-state index >= 15 is 0 Å². The molecule has 0 aliphatic carbocycles. The molecular weight excluding hydrogens is 644 g/mol. The van der Waals surface area contributed by atoms with Crippen LogP contribution in [0.25, 0.3) is 10.9 Å². The summed E-state index contributed by atoms with van der Waals surface area (Å²) in [6, 6.07) is 17.7. The predicted molar refractivity (Wildman–Crippen MR) is 148 cm³/mol. The van der Waals surface area contributed by atoms with Crippen LogP contribution in [-0.4, -0.2) is 22.4 Å². The van der Waals surface area contributed by atoms with Crippen LogP contribution < -0.4 is 16.1 Å². The Bertz CT molecular complexity index is 1500. The van der Waals surface area contributed by atoms with Crippen molar-refractivity contribution in [3.8, 4) is 0 Å². The largest absolute Gasteiger partial charge is 0.328 e. The smallest absolute Gasteiger partial charge is 0.320 e. The minimum atomic E-state index is -0.917. The van der Waals surface area contributed by atoms with E-state index in [0.717, 1.165) is 24.5 Å². The molecule has 0 spiro atoms. The number of hydrogen-bond donors (Lipinski definition) is 3. The number of aryl methyl sites for hydroxylation is 2. The number of hydrogen-bond acceptors (Lipinski definition) is 3. The average Bonchev–Trinajstić information content (AvgIpc) is 3.15. The van der Waals surface area contributed by atoms with Gasteiger partial charge in [-0.1, -0.05) is 47.8 Å². The lowest BCUT2D eigenvalue weighted by Gasteiger charge is -2.14. The lowest BCUT2D eigenvalue weighted by atomic mass is 10.2. The van der Waals surface area contributed by atoms with Crippen LogP contribution >= 0.6 is 47.8 Å². The highest BCUT2D eigenvalue weighted by molar-refractivity contribution is 9.11. The molecule has 35 heavy (non-hydrogen) atoms. The molecule has 0 unspecified atom stereocenters. The molecule has 1 heterocycles. The molecule has 3 N–H and O–H groups in total. The number of benzene rings is 3. The molecule has 0 radical (unpaired) electrons. The van der Waals surface area contributed by atoms with Gasteiger partial charge in [0, 0.05) is 30.2 Å². The van der Waals surface area contributed by atoms with Crippen molar-refractivity contribution >= 4 is 87.8 Å². The fourth-order valence-corrected chi connectivity index (χ4v) is 4.59. The van der Waals surface area contributed by atoms with Gasteiger partial charge in [-0.15, -0.1) is 0 Å². The summed E-state index contributed by atoms with van der Waals surface area (Å²) < 4.78 is 3.92. The molecule has 4 aromatic rings. The monoisotopic (exact) mass is 660 g/mol. The van der Waals surface area contributed by atoms with Crippen LogP contribution in [0.5, 0.6) is 0 Å². The number of halogens is 3. The maximum atomic E-state index is 13.2. The van der Waals surface area contributed by atoms with Crippen LogP contribution in [0.2, 0.25) is 0 Å². The van der Waals surface area contributed by atoms with E-state index in [9.17, 15) is 14.4 Å². The van der Waals surface area contributed by atoms with Gasteiger partial charge in [0.2, 0.25) is 0 Å². The third-order valence-corrected chi connectivity index (χ3v) is 7.14. The zero-order valence-corrected chi connectivity index (χ0v) is 23.3. The molecule has 3 amide bonds. The summed E-state index contributed by atoms with van der Waals surface area (Å²) in [5, 5.41) is 6.17. The fraction of sp³-hybridized carbons (Fsp3) is 0.0800. The van der Waals surface area contributed by atoms with Gasteiger partial charge in [-0.25, -0.2) is 4.68 Å². The zero-order valence-electron chi connectivity index (χ0n) is 18.6. The zero-order chi connectivity index (χ0) is 25.3. The minimum absolute atomic E-state index is 0.168. The van der Waals surface area contributed by atoms with Crippen LogP contribution in [0.1, 0.15) is 21.6 Å². The van der Waals surface area contributed by atoms with Gasteiger partial charge in [-0.2, -0.15) is 0 Å². The summed E-state index contributed by atoms with van der Waals surface area (Å²) in [7, 11) is 0. The van der Waals surface area contributed by atoms with Gasteiger partial charge < -0.3 is 10.6 Å². The standard InChI is InChI=1S/C25H19Br3N4O3/c1-13-10-18(5-6-19(13)28)29-24(34)25(35)31-32-21-8-4-17(27)11-15(21)12-22(32)23(33)30-20-7-3-16(26)9-14(20)2/h3-12H,1-2H3,(H,29,34)(H,30,33)(H,31,35). The van der Waals surface area contributed by atoms with E-state index in [1.165, 1.54) is 4.68 Å². The van der Waals surface area contributed by atoms with E-state index in [0.29, 0.717) is 22.3 Å². The van der Waals surface area contributed by atoms with Crippen LogP contribution in [0.15, 0.2) is 74.1 Å². The summed E-state index contributed by atoms with van der Waals surface area (Å²) >= 11 is 10.2. The van der Waals surface area contributed by atoms with Crippen LogP contribution in [0.4, 0.5) is 11.4 Å². The molecule has 4 rings (SSSR count). The van der Waals surface area contributed by atoms with Gasteiger partial charge in [-0.05, 0) is 85.6 Å². The molecule has 0 saturated heterocycles. The van der Waals surface area contributed by atoms with Gasteiger partial charge in [-0.3, -0.25) is 19.8 Å². The van der Waals surface area contributed by atoms with E-state index in [-0.39, 0.29) is 5.69 Å². The quantitative estimate of drug-likeness (QED) is 0.218. The van der Waals surface area contributed by atoms with Gasteiger partial charge in [0.15, 0.2) is 0 Å². The Morgan fingerprint density at radius 2 is 1.46 bits per heavy atom. The van der Waals surface area contributed by atoms with Crippen LogP contribution in [0.3, 0.4) is 0 Å². The Kier molecular flexibility index (Phi) is 7.44. The predicted octanol–water partition coefficient (Wildman–Crippen LogP) is 6.51. The molecule has 7 nitrogen and oxygen atoms in total. The first kappa shape index (κ1) is 25.2. The summed E-state index contributed by atoms with van der Waals surface area (Å²) in [6.45, 7) is 3.75. The topological polar surface area (TPSA) is 92.2 Å². The number of fused-ring (bicyclic) bond motifs is 1. The van der Waals surface area contributed by atoms with E-state index in [4.69, 9.17) is 0 Å². The maximum absolute atomic E-state index is 13.2. The maximum Gasteiger partial charge on any atom is 0.328 e. The molecule has 10 heteroatoms. The molecule has 0 aliphatic rings.